The van der Waals surface area contributed by atoms with E-state index >= 15 is 0 Å². The summed E-state index contributed by atoms with van der Waals surface area (Å²) in [6, 6.07) is 17.1. The Bertz CT molecular complexity index is 1330. The van der Waals surface area contributed by atoms with Gasteiger partial charge in [0.25, 0.3) is 0 Å². The highest BCUT2D eigenvalue weighted by molar-refractivity contribution is 5.68. The molecule has 0 saturated carbocycles. The van der Waals surface area contributed by atoms with Gasteiger partial charge >= 0.3 is 0 Å². The van der Waals surface area contributed by atoms with Crippen LogP contribution in [0, 0.1) is 11.3 Å². The lowest BCUT2D eigenvalue weighted by atomic mass is 10.1. The second kappa shape index (κ2) is 9.77. The molecule has 4 aromatic rings. The fourth-order valence-corrected chi connectivity index (χ4v) is 3.32. The van der Waals surface area contributed by atoms with Crippen LogP contribution in [0.15, 0.2) is 54.7 Å². The third-order valence-corrected chi connectivity index (χ3v) is 5.04. The molecule has 0 spiro atoms. The molecule has 0 aliphatic carbocycles. The molecule has 0 unspecified atom stereocenters. The van der Waals surface area contributed by atoms with Crippen molar-refractivity contribution in [3.8, 4) is 28.7 Å². The van der Waals surface area contributed by atoms with Gasteiger partial charge in [-0.05, 0) is 50.6 Å². The quantitative estimate of drug-likeness (QED) is 0.415. The second-order valence-corrected chi connectivity index (χ2v) is 8.60. The summed E-state index contributed by atoms with van der Waals surface area (Å²) in [6.07, 6.45) is 2.69. The van der Waals surface area contributed by atoms with Crippen LogP contribution in [0.2, 0.25) is 0 Å². The van der Waals surface area contributed by atoms with E-state index in [4.69, 9.17) is 0 Å². The monoisotopic (exact) mass is 454 g/mol. The van der Waals surface area contributed by atoms with Gasteiger partial charge < -0.3 is 10.4 Å². The smallest absolute Gasteiger partial charge is 0.223 e. The van der Waals surface area contributed by atoms with Gasteiger partial charge in [-0.2, -0.15) is 5.26 Å². The van der Waals surface area contributed by atoms with Crippen LogP contribution in [0.4, 0.5) is 5.95 Å². The van der Waals surface area contributed by atoms with Crippen LogP contribution in [0.5, 0.6) is 0 Å². The SMILES string of the molecule is CCc1cccc(Cn2cc(-c3cc(-c4cccc(C#N)c4)nc(NCC(C)(C)O)n3)nn2)n1. The van der Waals surface area contributed by atoms with Crippen LogP contribution >= 0.6 is 0 Å². The number of anilines is 1. The maximum atomic E-state index is 10.1. The molecule has 0 amide bonds. The Balaban J connectivity index is 1.68. The molecule has 4 rings (SSSR count). The van der Waals surface area contributed by atoms with Crippen molar-refractivity contribution in [2.75, 3.05) is 11.9 Å². The Hall–Kier alpha value is -4.16. The van der Waals surface area contributed by atoms with Crippen molar-refractivity contribution in [1.29, 1.82) is 5.26 Å². The molecular weight excluding hydrogens is 428 g/mol. The number of nitrogens with zero attached hydrogens (tertiary/aromatic N) is 7. The van der Waals surface area contributed by atoms with E-state index in [1.54, 1.807) is 30.7 Å². The Kier molecular flexibility index (Phi) is 6.61. The predicted octanol–water partition coefficient (Wildman–Crippen LogP) is 3.46. The Morgan fingerprint density at radius 1 is 1.00 bits per heavy atom. The molecule has 0 atom stereocenters. The summed E-state index contributed by atoms with van der Waals surface area (Å²) in [7, 11) is 0. The molecule has 0 radical (unpaired) electrons. The molecule has 1 aromatic carbocycles. The van der Waals surface area contributed by atoms with Crippen molar-refractivity contribution >= 4 is 5.95 Å². The van der Waals surface area contributed by atoms with Gasteiger partial charge in [-0.25, -0.2) is 14.6 Å². The van der Waals surface area contributed by atoms with Gasteiger partial charge in [0.2, 0.25) is 5.95 Å². The highest BCUT2D eigenvalue weighted by atomic mass is 16.3. The van der Waals surface area contributed by atoms with Gasteiger partial charge in [0, 0.05) is 17.8 Å². The molecule has 2 N–H and O–H groups in total. The van der Waals surface area contributed by atoms with E-state index in [2.05, 4.69) is 43.6 Å². The van der Waals surface area contributed by atoms with E-state index in [1.807, 2.05) is 42.6 Å². The lowest BCUT2D eigenvalue weighted by molar-refractivity contribution is 0.0943. The highest BCUT2D eigenvalue weighted by Crippen LogP contribution is 2.25. The largest absolute Gasteiger partial charge is 0.389 e. The number of benzene rings is 1. The minimum absolute atomic E-state index is 0.264. The number of nitrogens with one attached hydrogen (secondary N) is 1. The lowest BCUT2D eigenvalue weighted by Crippen LogP contribution is -2.30. The fraction of sp³-hybridized carbons (Fsp3) is 0.280. The van der Waals surface area contributed by atoms with Crippen molar-refractivity contribution in [2.24, 2.45) is 0 Å². The van der Waals surface area contributed by atoms with Crippen molar-refractivity contribution < 1.29 is 5.11 Å². The summed E-state index contributed by atoms with van der Waals surface area (Å²) >= 11 is 0. The number of aryl methyl sites for hydroxylation is 1. The van der Waals surface area contributed by atoms with Gasteiger partial charge in [0.15, 0.2) is 0 Å². The van der Waals surface area contributed by atoms with Crippen LogP contribution < -0.4 is 5.32 Å². The number of hydrogen-bond donors (Lipinski definition) is 2. The Labute approximate surface area is 198 Å². The fourth-order valence-electron chi connectivity index (χ4n) is 3.32. The molecule has 0 aliphatic heterocycles. The molecule has 0 fully saturated rings. The molecule has 0 bridgehead atoms. The Morgan fingerprint density at radius 3 is 2.53 bits per heavy atom. The van der Waals surface area contributed by atoms with Crippen LogP contribution in [0.3, 0.4) is 0 Å². The molecule has 172 valence electrons. The van der Waals surface area contributed by atoms with E-state index in [9.17, 15) is 10.4 Å². The molecule has 34 heavy (non-hydrogen) atoms. The zero-order valence-electron chi connectivity index (χ0n) is 19.4. The summed E-state index contributed by atoms with van der Waals surface area (Å²) < 4.78 is 1.72. The van der Waals surface area contributed by atoms with E-state index < -0.39 is 5.60 Å². The first-order chi connectivity index (χ1) is 16.3. The van der Waals surface area contributed by atoms with E-state index in [0.717, 1.165) is 23.4 Å². The first-order valence-electron chi connectivity index (χ1n) is 11.0. The first-order valence-corrected chi connectivity index (χ1v) is 11.0. The van der Waals surface area contributed by atoms with Gasteiger partial charge in [-0.1, -0.05) is 30.3 Å². The number of hydrogen-bond acceptors (Lipinski definition) is 8. The number of aromatic nitrogens is 6. The van der Waals surface area contributed by atoms with Gasteiger partial charge in [-0.3, -0.25) is 4.98 Å². The number of pyridine rings is 1. The molecular formula is C25H26N8O. The third-order valence-electron chi connectivity index (χ3n) is 5.04. The van der Waals surface area contributed by atoms with E-state index in [0.29, 0.717) is 35.1 Å². The van der Waals surface area contributed by atoms with Crippen LogP contribution in [0.1, 0.15) is 37.7 Å². The van der Waals surface area contributed by atoms with Crippen molar-refractivity contribution in [1.82, 2.24) is 29.9 Å². The van der Waals surface area contributed by atoms with Crippen molar-refractivity contribution in [3.05, 3.63) is 71.7 Å². The molecule has 3 aromatic heterocycles. The van der Waals surface area contributed by atoms with Crippen molar-refractivity contribution in [3.63, 3.8) is 0 Å². The lowest BCUT2D eigenvalue weighted by Gasteiger charge is -2.18. The maximum Gasteiger partial charge on any atom is 0.223 e. The first kappa shape index (κ1) is 23.0. The Morgan fingerprint density at radius 2 is 1.76 bits per heavy atom. The summed E-state index contributed by atoms with van der Waals surface area (Å²) in [6.45, 7) is 6.23. The van der Waals surface area contributed by atoms with Crippen molar-refractivity contribution in [2.45, 2.75) is 39.3 Å². The minimum Gasteiger partial charge on any atom is -0.389 e. The predicted molar refractivity (Wildman–Crippen MR) is 129 cm³/mol. The normalized spacial score (nSPS) is 11.3. The number of nitriles is 1. The van der Waals surface area contributed by atoms with Gasteiger partial charge in [0.05, 0.1) is 47.1 Å². The number of rotatable bonds is 8. The standard InChI is InChI=1S/C25H26N8O/c1-4-19-9-6-10-20(28-19)14-33-15-23(31-32-33)22-12-21(18-8-5-7-17(11-18)13-26)29-24(30-22)27-16-25(2,3)34/h5-12,15,34H,4,14,16H2,1-3H3,(H,27,29,30). The van der Waals surface area contributed by atoms with E-state index in [1.165, 1.54) is 0 Å². The molecule has 0 saturated heterocycles. The molecule has 3 heterocycles. The summed E-state index contributed by atoms with van der Waals surface area (Å²) in [5, 5.41) is 31.0. The summed E-state index contributed by atoms with van der Waals surface area (Å²) in [5.41, 5.74) is 4.10. The van der Waals surface area contributed by atoms with Crippen LogP contribution in [-0.4, -0.2) is 47.2 Å². The van der Waals surface area contributed by atoms with Crippen LogP contribution in [-0.2, 0) is 13.0 Å². The topological polar surface area (TPSA) is 125 Å². The average molecular weight is 455 g/mol. The number of aliphatic hydroxyl groups is 1. The van der Waals surface area contributed by atoms with Crippen LogP contribution in [0.25, 0.3) is 22.6 Å². The summed E-state index contributed by atoms with van der Waals surface area (Å²) in [4.78, 5) is 13.8. The molecule has 9 nitrogen and oxygen atoms in total. The summed E-state index contributed by atoms with van der Waals surface area (Å²) in [5.74, 6) is 0.351. The van der Waals surface area contributed by atoms with Gasteiger partial charge in [0.1, 0.15) is 5.69 Å². The third kappa shape index (κ3) is 5.79. The van der Waals surface area contributed by atoms with E-state index in [-0.39, 0.29) is 6.54 Å². The molecule has 9 heteroatoms. The highest BCUT2D eigenvalue weighted by Gasteiger charge is 2.16. The molecule has 0 aliphatic rings. The minimum atomic E-state index is -0.941. The van der Waals surface area contributed by atoms with Gasteiger partial charge in [-0.15, -0.1) is 5.10 Å². The average Bonchev–Trinajstić information content (AvgIpc) is 3.31. The zero-order chi connectivity index (χ0) is 24.1. The second-order valence-electron chi connectivity index (χ2n) is 8.60. The zero-order valence-corrected chi connectivity index (χ0v) is 19.4. The maximum absolute atomic E-state index is 10.1.